The summed E-state index contributed by atoms with van der Waals surface area (Å²) in [5.74, 6) is 0.609. The third kappa shape index (κ3) is 4.61. The molecule has 1 fully saturated rings. The summed E-state index contributed by atoms with van der Waals surface area (Å²) in [6.07, 6.45) is 5.43. The molecule has 3 aromatic rings. The molecule has 0 unspecified atom stereocenters. The second-order valence-electron chi connectivity index (χ2n) is 7.09. The van der Waals surface area contributed by atoms with E-state index in [9.17, 15) is 4.79 Å². The molecule has 1 saturated heterocycles. The van der Waals surface area contributed by atoms with Crippen LogP contribution in [-0.2, 0) is 6.54 Å². The smallest absolute Gasteiger partial charge is 0.316 e. The fraction of sp³-hybridized carbons (Fsp3) is 0.333. The van der Waals surface area contributed by atoms with Crippen molar-refractivity contribution in [1.82, 2.24) is 24.8 Å². The van der Waals surface area contributed by atoms with E-state index in [0.29, 0.717) is 18.4 Å². The Labute approximate surface area is 163 Å². The van der Waals surface area contributed by atoms with Gasteiger partial charge in [0.05, 0.1) is 5.69 Å². The van der Waals surface area contributed by atoms with E-state index in [4.69, 9.17) is 4.74 Å². The number of benzene rings is 1. The summed E-state index contributed by atoms with van der Waals surface area (Å²) in [6, 6.07) is 11.7. The number of rotatable bonds is 5. The highest BCUT2D eigenvalue weighted by Crippen LogP contribution is 2.18. The van der Waals surface area contributed by atoms with Crippen LogP contribution in [0, 0.1) is 6.92 Å². The summed E-state index contributed by atoms with van der Waals surface area (Å²) in [5, 5.41) is 0. The van der Waals surface area contributed by atoms with Gasteiger partial charge in [-0.15, -0.1) is 0 Å². The van der Waals surface area contributed by atoms with Gasteiger partial charge in [0.2, 0.25) is 0 Å². The second kappa shape index (κ2) is 8.31. The van der Waals surface area contributed by atoms with Crippen molar-refractivity contribution >= 4 is 0 Å². The third-order valence-corrected chi connectivity index (χ3v) is 4.79. The van der Waals surface area contributed by atoms with Gasteiger partial charge < -0.3 is 9.72 Å². The number of hydrogen-bond acceptors (Lipinski definition) is 6. The molecule has 144 valence electrons. The number of H-pyrrole nitrogens is 1. The van der Waals surface area contributed by atoms with E-state index in [2.05, 4.69) is 24.8 Å². The Morgan fingerprint density at radius 3 is 2.57 bits per heavy atom. The second-order valence-corrected chi connectivity index (χ2v) is 7.09. The van der Waals surface area contributed by atoms with E-state index in [1.165, 1.54) is 0 Å². The summed E-state index contributed by atoms with van der Waals surface area (Å²) in [6.45, 7) is 4.36. The number of aromatic amines is 1. The zero-order valence-corrected chi connectivity index (χ0v) is 15.8. The Morgan fingerprint density at radius 2 is 1.86 bits per heavy atom. The summed E-state index contributed by atoms with van der Waals surface area (Å²) >= 11 is 0. The van der Waals surface area contributed by atoms with Gasteiger partial charge in [0.15, 0.2) is 0 Å². The lowest BCUT2D eigenvalue weighted by Crippen LogP contribution is -2.38. The molecular weight excluding hydrogens is 354 g/mol. The van der Waals surface area contributed by atoms with Crippen LogP contribution in [0.4, 0.5) is 0 Å². The zero-order valence-electron chi connectivity index (χ0n) is 15.8. The highest BCUT2D eigenvalue weighted by atomic mass is 16.5. The van der Waals surface area contributed by atoms with Crippen molar-refractivity contribution in [3.8, 4) is 17.4 Å². The largest absolute Gasteiger partial charge is 0.460 e. The predicted octanol–water partition coefficient (Wildman–Crippen LogP) is 2.58. The molecule has 0 amide bonds. The molecule has 7 heteroatoms. The normalized spacial score (nSPS) is 15.5. The maximum atomic E-state index is 12.1. The van der Waals surface area contributed by atoms with E-state index in [1.807, 2.05) is 37.3 Å². The van der Waals surface area contributed by atoms with Crippen LogP contribution < -0.4 is 10.3 Å². The van der Waals surface area contributed by atoms with Crippen LogP contribution in [0.25, 0.3) is 11.4 Å². The molecule has 0 spiro atoms. The zero-order chi connectivity index (χ0) is 19.3. The van der Waals surface area contributed by atoms with Crippen LogP contribution in [0.5, 0.6) is 6.01 Å². The van der Waals surface area contributed by atoms with Gasteiger partial charge in [-0.25, -0.2) is 15.0 Å². The molecule has 7 nitrogen and oxygen atoms in total. The summed E-state index contributed by atoms with van der Waals surface area (Å²) < 4.78 is 5.89. The van der Waals surface area contributed by atoms with Crippen molar-refractivity contribution in [3.05, 3.63) is 70.4 Å². The van der Waals surface area contributed by atoms with Gasteiger partial charge >= 0.3 is 6.01 Å². The van der Waals surface area contributed by atoms with Crippen molar-refractivity contribution in [2.75, 3.05) is 13.1 Å². The third-order valence-electron chi connectivity index (χ3n) is 4.79. The SMILES string of the molecule is Cc1cnc(OC2CCN(Cc3cc(=O)[nH]c(-c4ccccc4)n3)CC2)nc1. The molecule has 2 aromatic heterocycles. The average Bonchev–Trinajstić information content (AvgIpc) is 2.71. The van der Waals surface area contributed by atoms with E-state index in [-0.39, 0.29) is 11.7 Å². The quantitative estimate of drug-likeness (QED) is 0.736. The summed E-state index contributed by atoms with van der Waals surface area (Å²) in [5.41, 5.74) is 2.58. The van der Waals surface area contributed by atoms with Gasteiger partial charge in [0.25, 0.3) is 5.56 Å². The van der Waals surface area contributed by atoms with Crippen LogP contribution in [0.2, 0.25) is 0 Å². The van der Waals surface area contributed by atoms with Crippen LogP contribution in [0.3, 0.4) is 0 Å². The molecule has 4 rings (SSSR count). The molecule has 28 heavy (non-hydrogen) atoms. The molecule has 0 bridgehead atoms. The van der Waals surface area contributed by atoms with Crippen molar-refractivity contribution in [2.45, 2.75) is 32.4 Å². The lowest BCUT2D eigenvalue weighted by Gasteiger charge is -2.31. The number of hydrogen-bond donors (Lipinski definition) is 1. The minimum Gasteiger partial charge on any atom is -0.460 e. The van der Waals surface area contributed by atoms with Crippen molar-refractivity contribution in [2.24, 2.45) is 0 Å². The van der Waals surface area contributed by atoms with E-state index in [0.717, 1.165) is 42.8 Å². The van der Waals surface area contributed by atoms with Crippen molar-refractivity contribution in [1.29, 1.82) is 0 Å². The van der Waals surface area contributed by atoms with Crippen molar-refractivity contribution in [3.63, 3.8) is 0 Å². The number of nitrogens with zero attached hydrogens (tertiary/aromatic N) is 4. The van der Waals surface area contributed by atoms with E-state index in [1.54, 1.807) is 18.5 Å². The van der Waals surface area contributed by atoms with Gasteiger partial charge in [-0.1, -0.05) is 30.3 Å². The summed E-state index contributed by atoms with van der Waals surface area (Å²) in [4.78, 5) is 30.2. The maximum absolute atomic E-state index is 12.1. The Balaban J connectivity index is 1.36. The van der Waals surface area contributed by atoms with Crippen LogP contribution in [0.1, 0.15) is 24.1 Å². The lowest BCUT2D eigenvalue weighted by atomic mass is 10.1. The van der Waals surface area contributed by atoms with Crippen LogP contribution in [0.15, 0.2) is 53.6 Å². The molecule has 3 heterocycles. The number of likely N-dealkylation sites (tertiary alicyclic amines) is 1. The Kier molecular flexibility index (Phi) is 5.43. The highest BCUT2D eigenvalue weighted by molar-refractivity contribution is 5.54. The first kappa shape index (κ1) is 18.3. The van der Waals surface area contributed by atoms with Gasteiger partial charge in [-0.05, 0) is 25.3 Å². The van der Waals surface area contributed by atoms with Crippen molar-refractivity contribution < 1.29 is 4.74 Å². The first-order valence-electron chi connectivity index (χ1n) is 9.49. The monoisotopic (exact) mass is 377 g/mol. The lowest BCUT2D eigenvalue weighted by molar-refractivity contribution is 0.0886. The number of ether oxygens (including phenoxy) is 1. The highest BCUT2D eigenvalue weighted by Gasteiger charge is 2.22. The van der Waals surface area contributed by atoms with E-state index < -0.39 is 0 Å². The first-order chi connectivity index (χ1) is 13.7. The maximum Gasteiger partial charge on any atom is 0.316 e. The van der Waals surface area contributed by atoms with Gasteiger partial charge in [0, 0.05) is 43.7 Å². The minimum absolute atomic E-state index is 0.117. The number of nitrogens with one attached hydrogen (secondary N) is 1. The fourth-order valence-electron chi connectivity index (χ4n) is 3.33. The van der Waals surface area contributed by atoms with Crippen LogP contribution >= 0.6 is 0 Å². The molecule has 1 aromatic carbocycles. The molecule has 1 N–H and O–H groups in total. The van der Waals surface area contributed by atoms with Gasteiger partial charge in [-0.2, -0.15) is 0 Å². The Bertz CT molecular complexity index is 964. The Morgan fingerprint density at radius 1 is 1.14 bits per heavy atom. The number of aromatic nitrogens is 4. The van der Waals surface area contributed by atoms with Gasteiger partial charge in [-0.3, -0.25) is 9.69 Å². The molecule has 0 radical (unpaired) electrons. The standard InChI is InChI=1S/C21H23N5O2/c1-15-12-22-21(23-13-15)28-18-7-9-26(10-8-18)14-17-11-19(27)25-20(24-17)16-5-3-2-4-6-16/h2-6,11-13,18H,7-10,14H2,1H3,(H,24,25,27). The van der Waals surface area contributed by atoms with Gasteiger partial charge in [0.1, 0.15) is 11.9 Å². The molecule has 0 saturated carbocycles. The number of aryl methyl sites for hydroxylation is 1. The predicted molar refractivity (Wildman–Crippen MR) is 106 cm³/mol. The van der Waals surface area contributed by atoms with E-state index >= 15 is 0 Å². The van der Waals surface area contributed by atoms with Crippen LogP contribution in [-0.4, -0.2) is 44.0 Å². The molecular formula is C21H23N5O2. The molecule has 1 aliphatic heterocycles. The molecule has 1 aliphatic rings. The Hall–Kier alpha value is -3.06. The first-order valence-corrected chi connectivity index (χ1v) is 9.49. The minimum atomic E-state index is -0.126. The number of piperidine rings is 1. The fourth-order valence-corrected chi connectivity index (χ4v) is 3.33. The molecule has 0 aliphatic carbocycles. The molecule has 0 atom stereocenters. The summed E-state index contributed by atoms with van der Waals surface area (Å²) in [7, 11) is 0. The average molecular weight is 377 g/mol. The topological polar surface area (TPSA) is 84.0 Å².